The van der Waals surface area contributed by atoms with Crippen molar-refractivity contribution >= 4 is 23.4 Å². The highest BCUT2D eigenvalue weighted by Crippen LogP contribution is 2.41. The summed E-state index contributed by atoms with van der Waals surface area (Å²) >= 11 is 0. The molecule has 0 saturated carbocycles. The third-order valence-electron chi connectivity index (χ3n) is 14.7. The molecule has 3 unspecified atom stereocenters. The van der Waals surface area contributed by atoms with Crippen LogP contribution in [0.5, 0.6) is 0 Å². The van der Waals surface area contributed by atoms with Crippen molar-refractivity contribution in [3.8, 4) is 33.9 Å². The van der Waals surface area contributed by atoms with E-state index in [0.29, 0.717) is 18.8 Å². The van der Waals surface area contributed by atoms with Gasteiger partial charge in [-0.1, -0.05) is 31.2 Å². The monoisotopic (exact) mass is 888 g/mol. The fourth-order valence-corrected chi connectivity index (χ4v) is 11.6. The average molecular weight is 888 g/mol. The number of fused-ring (bicyclic) bond motifs is 1. The molecule has 4 aromatic heterocycles. The molecule has 12 atom stereocenters. The summed E-state index contributed by atoms with van der Waals surface area (Å²) in [6.07, 6.45) is 13.8. The molecule has 4 fully saturated rings. The van der Waals surface area contributed by atoms with Crippen LogP contribution in [0.15, 0.2) is 61.2 Å². The van der Waals surface area contributed by atoms with E-state index in [-0.39, 0.29) is 72.2 Å². The van der Waals surface area contributed by atoms with Crippen molar-refractivity contribution in [3.63, 3.8) is 0 Å². The highest BCUT2D eigenvalue weighted by Gasteiger charge is 2.45. The van der Waals surface area contributed by atoms with Gasteiger partial charge in [-0.05, 0) is 122 Å². The third kappa shape index (κ3) is 8.81. The van der Waals surface area contributed by atoms with Crippen molar-refractivity contribution in [2.45, 2.75) is 154 Å². The van der Waals surface area contributed by atoms with Crippen LogP contribution in [-0.2, 0) is 23.8 Å². The van der Waals surface area contributed by atoms with Gasteiger partial charge < -0.3 is 43.7 Å². The molecule has 65 heavy (non-hydrogen) atoms. The lowest BCUT2D eigenvalue weighted by Gasteiger charge is -2.39. The quantitative estimate of drug-likeness (QED) is 0.124. The van der Waals surface area contributed by atoms with Gasteiger partial charge in [-0.15, -0.1) is 0 Å². The molecule has 8 heterocycles. The number of likely N-dealkylation sites (tertiary alicyclic amines) is 2. The molecule has 346 valence electrons. The minimum absolute atomic E-state index is 0.0209. The van der Waals surface area contributed by atoms with Crippen molar-refractivity contribution in [2.75, 3.05) is 7.11 Å². The minimum Gasteiger partial charge on any atom is -0.453 e. The molecule has 1 aromatic carbocycles. The number of H-pyrrole nitrogens is 2. The molecule has 0 spiro atoms. The van der Waals surface area contributed by atoms with Crippen LogP contribution < -0.4 is 5.32 Å². The van der Waals surface area contributed by atoms with Crippen molar-refractivity contribution in [1.82, 2.24) is 44.4 Å². The van der Waals surface area contributed by atoms with Gasteiger partial charge in [0, 0.05) is 29.8 Å². The zero-order chi connectivity index (χ0) is 45.7. The number of nitrogens with zero attached hydrogens (tertiary/aromatic N) is 6. The average Bonchev–Trinajstić information content (AvgIpc) is 4.15. The molecule has 15 heteroatoms. The second kappa shape index (κ2) is 18.4. The predicted octanol–water partition coefficient (Wildman–Crippen LogP) is 8.65. The van der Waals surface area contributed by atoms with Crippen LogP contribution in [0.2, 0.25) is 0 Å². The topological polar surface area (TPSA) is 172 Å². The molecule has 3 N–H and O–H groups in total. The number of hydrogen-bond acceptors (Lipinski definition) is 9. The minimum atomic E-state index is -0.734. The number of amides is 3. The molecule has 4 aliphatic rings. The number of rotatable bonds is 10. The summed E-state index contributed by atoms with van der Waals surface area (Å²) < 4.78 is 19.1. The molecule has 0 bridgehead atoms. The number of alkyl carbamates (subject to hydrolysis) is 1. The Hall–Kier alpha value is -5.54. The Labute approximate surface area is 381 Å². The van der Waals surface area contributed by atoms with Gasteiger partial charge in [-0.3, -0.25) is 14.6 Å². The highest BCUT2D eigenvalue weighted by atomic mass is 16.5. The van der Waals surface area contributed by atoms with Crippen molar-refractivity contribution in [1.29, 1.82) is 0 Å². The van der Waals surface area contributed by atoms with Crippen LogP contribution in [0.4, 0.5) is 4.79 Å². The molecule has 0 radical (unpaired) electrons. The standard InChI is InChI=1S/C50H65N9O6/c1-27-11-17-41(58(27)48(60)33(7)36-20-29(3)64-30(4)21-36)47-53-25-39(55-47)45-40-10-9-19-57(40)43(26-51-45)35-15-13-34(14-16-35)38-24-52-46(54-38)42-18-12-28(2)59(42)49(61)44(56-50(62)63-8)37-22-31(5)65-32(6)23-37/h9-10,13-16,19,24-33,36-37,41-42,44H,11-12,17-18,20-23H2,1-8H3,(H,52,54)(H,53,55)(H,56,62)/t27-,28-,29-,30+,31-,32+,33-,36?,37?,41-,42-,44?/m0/s1. The van der Waals surface area contributed by atoms with Crippen LogP contribution in [0.3, 0.4) is 0 Å². The van der Waals surface area contributed by atoms with E-state index < -0.39 is 12.1 Å². The van der Waals surface area contributed by atoms with Crippen LogP contribution in [0, 0.1) is 17.8 Å². The summed E-state index contributed by atoms with van der Waals surface area (Å²) in [5.41, 5.74) is 6.30. The number of aromatic amines is 2. The zero-order valence-electron chi connectivity index (χ0n) is 39.0. The Kier molecular flexibility index (Phi) is 12.6. The van der Waals surface area contributed by atoms with E-state index in [4.69, 9.17) is 29.2 Å². The Morgan fingerprint density at radius 1 is 0.692 bits per heavy atom. The van der Waals surface area contributed by atoms with Gasteiger partial charge >= 0.3 is 6.09 Å². The van der Waals surface area contributed by atoms with E-state index in [1.807, 2.05) is 49.6 Å². The first-order valence-electron chi connectivity index (χ1n) is 23.7. The summed E-state index contributed by atoms with van der Waals surface area (Å²) in [4.78, 5) is 66.9. The first-order valence-corrected chi connectivity index (χ1v) is 23.7. The molecule has 0 aliphatic carbocycles. The van der Waals surface area contributed by atoms with Gasteiger partial charge in [0.25, 0.3) is 0 Å². The number of aromatic nitrogens is 6. The first kappa shape index (κ1) is 44.7. The molecule has 4 saturated heterocycles. The summed E-state index contributed by atoms with van der Waals surface area (Å²) in [5, 5.41) is 2.88. The number of nitrogens with one attached hydrogen (secondary N) is 3. The summed E-state index contributed by atoms with van der Waals surface area (Å²) in [5.74, 6) is 1.73. The predicted molar refractivity (Wildman–Crippen MR) is 246 cm³/mol. The SMILES string of the molecule is COC(=O)NC(C(=O)N1[C@@H](C)CC[C@H]1c1ncc(-c2ccc(-c3cnc(-c4cnc([C@@H]5CC[C@H](C)N5C(=O)[C@@H](C)C5C[C@@H](C)O[C@@H](C)C5)[nH]4)c4cccn34)cc2)[nH]1)C1C[C@@H](C)O[C@@H](C)C1. The maximum Gasteiger partial charge on any atom is 0.407 e. The van der Waals surface area contributed by atoms with E-state index in [1.165, 1.54) is 7.11 Å². The van der Waals surface area contributed by atoms with Gasteiger partial charge in [0.15, 0.2) is 0 Å². The number of carbonyl (C=O) groups excluding carboxylic acids is 3. The number of ether oxygens (including phenoxy) is 3. The Bertz CT molecular complexity index is 2480. The van der Waals surface area contributed by atoms with Gasteiger partial charge in [-0.2, -0.15) is 0 Å². The van der Waals surface area contributed by atoms with Crippen LogP contribution in [0.25, 0.3) is 39.4 Å². The molecule has 9 rings (SSSR count). The van der Waals surface area contributed by atoms with E-state index >= 15 is 0 Å². The van der Waals surface area contributed by atoms with Gasteiger partial charge in [0.05, 0.1) is 84.8 Å². The van der Waals surface area contributed by atoms with Gasteiger partial charge in [0.1, 0.15) is 23.4 Å². The van der Waals surface area contributed by atoms with Crippen molar-refractivity contribution < 1.29 is 28.6 Å². The lowest BCUT2D eigenvalue weighted by molar-refractivity contribution is -0.143. The highest BCUT2D eigenvalue weighted by molar-refractivity contribution is 5.87. The van der Waals surface area contributed by atoms with Crippen molar-refractivity contribution in [2.24, 2.45) is 17.8 Å². The molecule has 5 aromatic rings. The van der Waals surface area contributed by atoms with E-state index in [1.54, 1.807) is 0 Å². The normalized spacial score (nSPS) is 29.2. The molecular weight excluding hydrogens is 823 g/mol. The maximum absolute atomic E-state index is 14.5. The largest absolute Gasteiger partial charge is 0.453 e. The van der Waals surface area contributed by atoms with E-state index in [0.717, 1.165) is 89.6 Å². The third-order valence-corrected chi connectivity index (χ3v) is 14.7. The molecule has 4 aliphatic heterocycles. The number of carbonyl (C=O) groups is 3. The second-order valence-electron chi connectivity index (χ2n) is 19.5. The summed E-state index contributed by atoms with van der Waals surface area (Å²) in [6, 6.07) is 11.4. The summed E-state index contributed by atoms with van der Waals surface area (Å²) in [6.45, 7) is 14.6. The Balaban J connectivity index is 0.908. The lowest BCUT2D eigenvalue weighted by atomic mass is 9.82. The smallest absolute Gasteiger partial charge is 0.407 e. The number of benzene rings is 1. The maximum atomic E-state index is 14.5. The molecule has 3 amide bonds. The number of imidazole rings is 2. The van der Waals surface area contributed by atoms with Crippen LogP contribution >= 0.6 is 0 Å². The van der Waals surface area contributed by atoms with E-state index in [9.17, 15) is 14.4 Å². The molecular formula is C50H65N9O6. The Morgan fingerprint density at radius 2 is 1.23 bits per heavy atom. The van der Waals surface area contributed by atoms with E-state index in [2.05, 4.69) is 89.5 Å². The van der Waals surface area contributed by atoms with Crippen molar-refractivity contribution in [3.05, 3.63) is 72.8 Å². The van der Waals surface area contributed by atoms with Crippen LogP contribution in [0.1, 0.15) is 124 Å². The Morgan fingerprint density at radius 3 is 1.83 bits per heavy atom. The van der Waals surface area contributed by atoms with Gasteiger partial charge in [-0.25, -0.2) is 14.8 Å². The fourth-order valence-electron chi connectivity index (χ4n) is 11.6. The first-order chi connectivity index (χ1) is 31.3. The number of methoxy groups -OCH3 is 1. The number of hydrogen-bond donors (Lipinski definition) is 3. The second-order valence-corrected chi connectivity index (χ2v) is 19.5. The van der Waals surface area contributed by atoms with Gasteiger partial charge in [0.2, 0.25) is 11.8 Å². The molecule has 15 nitrogen and oxygen atoms in total. The summed E-state index contributed by atoms with van der Waals surface area (Å²) in [7, 11) is 1.32. The fraction of sp³-hybridized carbons (Fsp3) is 0.560. The lowest BCUT2D eigenvalue weighted by Crippen LogP contribution is -2.55. The zero-order valence-corrected chi connectivity index (χ0v) is 39.0. The van der Waals surface area contributed by atoms with Crippen LogP contribution in [-0.4, -0.2) is 107 Å².